The summed E-state index contributed by atoms with van der Waals surface area (Å²) in [5.74, 6) is 1.45. The van der Waals surface area contributed by atoms with Crippen molar-refractivity contribution < 1.29 is 14.3 Å². The van der Waals surface area contributed by atoms with Crippen molar-refractivity contribution in [2.24, 2.45) is 0 Å². The number of aryl methyl sites for hydroxylation is 1. The number of amides is 2. The van der Waals surface area contributed by atoms with Gasteiger partial charge in [0.05, 0.1) is 14.2 Å². The molecular formula is C22H26N2O3. The summed E-state index contributed by atoms with van der Waals surface area (Å²) in [4.78, 5) is 14.8. The number of benzene rings is 2. The van der Waals surface area contributed by atoms with Crippen molar-refractivity contribution in [3.63, 3.8) is 0 Å². The van der Waals surface area contributed by atoms with Crippen LogP contribution in [-0.2, 0) is 25.8 Å². The van der Waals surface area contributed by atoms with E-state index in [0.717, 1.165) is 36.3 Å². The molecule has 0 saturated heterocycles. The molecule has 2 aliphatic rings. The van der Waals surface area contributed by atoms with Gasteiger partial charge in [-0.05, 0) is 72.6 Å². The first-order chi connectivity index (χ1) is 13.2. The highest BCUT2D eigenvalue weighted by Crippen LogP contribution is 2.34. The molecular weight excluding hydrogens is 340 g/mol. The zero-order valence-electron chi connectivity index (χ0n) is 16.0. The molecule has 2 aromatic rings. The largest absolute Gasteiger partial charge is 0.493 e. The Bertz CT molecular complexity index is 863. The molecule has 0 fully saturated rings. The minimum Gasteiger partial charge on any atom is -0.493 e. The van der Waals surface area contributed by atoms with Gasteiger partial charge in [0.25, 0.3) is 0 Å². The van der Waals surface area contributed by atoms with Crippen molar-refractivity contribution in [3.05, 3.63) is 52.6 Å². The fourth-order valence-electron chi connectivity index (χ4n) is 4.15. The van der Waals surface area contributed by atoms with Crippen molar-refractivity contribution in [1.29, 1.82) is 0 Å². The van der Waals surface area contributed by atoms with Gasteiger partial charge in [-0.2, -0.15) is 0 Å². The monoisotopic (exact) mass is 366 g/mol. The highest BCUT2D eigenvalue weighted by Gasteiger charge is 2.24. The maximum atomic E-state index is 12.9. The van der Waals surface area contributed by atoms with Gasteiger partial charge < -0.3 is 19.7 Å². The Labute approximate surface area is 160 Å². The van der Waals surface area contributed by atoms with E-state index in [2.05, 4.69) is 11.4 Å². The third kappa shape index (κ3) is 3.46. The summed E-state index contributed by atoms with van der Waals surface area (Å²) in [5, 5.41) is 3.15. The van der Waals surface area contributed by atoms with Crippen LogP contribution in [0.15, 0.2) is 30.3 Å². The lowest BCUT2D eigenvalue weighted by molar-refractivity contribution is 0.206. The number of nitrogens with zero attached hydrogens (tertiary/aromatic N) is 1. The van der Waals surface area contributed by atoms with Crippen LogP contribution in [0.5, 0.6) is 11.5 Å². The lowest BCUT2D eigenvalue weighted by Crippen LogP contribution is -2.39. The van der Waals surface area contributed by atoms with E-state index in [0.29, 0.717) is 18.8 Å². The first-order valence-corrected chi connectivity index (χ1v) is 9.60. The third-order valence-corrected chi connectivity index (χ3v) is 5.64. The molecule has 0 saturated carbocycles. The second kappa shape index (κ2) is 7.51. The summed E-state index contributed by atoms with van der Waals surface area (Å²) in [6.45, 7) is 1.28. The summed E-state index contributed by atoms with van der Waals surface area (Å²) >= 11 is 0. The Balaban J connectivity index is 1.52. The highest BCUT2D eigenvalue weighted by atomic mass is 16.5. The molecule has 142 valence electrons. The van der Waals surface area contributed by atoms with E-state index in [1.807, 2.05) is 29.2 Å². The summed E-state index contributed by atoms with van der Waals surface area (Å²) < 4.78 is 10.8. The van der Waals surface area contributed by atoms with Gasteiger partial charge in [-0.15, -0.1) is 0 Å². The standard InChI is InChI=1S/C22H26N2O3/c1-26-20-12-16-10-11-24(14-17(16)13-21(20)27-2)22(25)23-19-9-5-7-15-6-3-4-8-18(15)19/h5,7,9,12-13H,3-4,6,8,10-11,14H2,1-2H3,(H,23,25). The zero-order chi connectivity index (χ0) is 18.8. The summed E-state index contributed by atoms with van der Waals surface area (Å²) in [7, 11) is 3.28. The van der Waals surface area contributed by atoms with Crippen LogP contribution >= 0.6 is 0 Å². The fraction of sp³-hybridized carbons (Fsp3) is 0.409. The second-order valence-electron chi connectivity index (χ2n) is 7.23. The van der Waals surface area contributed by atoms with E-state index >= 15 is 0 Å². The van der Waals surface area contributed by atoms with Crippen LogP contribution in [0.25, 0.3) is 0 Å². The van der Waals surface area contributed by atoms with Gasteiger partial charge in [0, 0.05) is 18.8 Å². The lowest BCUT2D eigenvalue weighted by Gasteiger charge is -2.30. The molecule has 27 heavy (non-hydrogen) atoms. The molecule has 0 bridgehead atoms. The van der Waals surface area contributed by atoms with E-state index in [1.54, 1.807) is 14.2 Å². The number of rotatable bonds is 3. The maximum absolute atomic E-state index is 12.9. The van der Waals surface area contributed by atoms with Crippen LogP contribution in [-0.4, -0.2) is 31.7 Å². The number of carbonyl (C=O) groups excluding carboxylic acids is 1. The summed E-state index contributed by atoms with van der Waals surface area (Å²) in [5.41, 5.74) is 5.98. The van der Waals surface area contributed by atoms with Gasteiger partial charge in [0.15, 0.2) is 11.5 Å². The Morgan fingerprint density at radius 3 is 2.48 bits per heavy atom. The molecule has 2 aromatic carbocycles. The SMILES string of the molecule is COc1cc2c(cc1OC)CN(C(=O)Nc1cccc3c1CCCC3)CC2. The molecule has 1 heterocycles. The van der Waals surface area contributed by atoms with Crippen molar-refractivity contribution in [2.45, 2.75) is 38.6 Å². The Morgan fingerprint density at radius 1 is 0.963 bits per heavy atom. The molecule has 5 nitrogen and oxygen atoms in total. The van der Waals surface area contributed by atoms with Crippen molar-refractivity contribution in [3.8, 4) is 11.5 Å². The van der Waals surface area contributed by atoms with Gasteiger partial charge in [0.2, 0.25) is 0 Å². The van der Waals surface area contributed by atoms with Crippen molar-refractivity contribution in [1.82, 2.24) is 4.90 Å². The Morgan fingerprint density at radius 2 is 1.70 bits per heavy atom. The van der Waals surface area contributed by atoms with Gasteiger partial charge in [-0.3, -0.25) is 0 Å². The van der Waals surface area contributed by atoms with Crippen LogP contribution in [0, 0.1) is 0 Å². The number of hydrogen-bond acceptors (Lipinski definition) is 3. The minimum atomic E-state index is -0.0330. The molecule has 0 unspecified atom stereocenters. The predicted molar refractivity (Wildman–Crippen MR) is 106 cm³/mol. The molecule has 1 aliphatic carbocycles. The number of hydrogen-bond donors (Lipinski definition) is 1. The predicted octanol–water partition coefficient (Wildman–Crippen LogP) is 4.17. The first kappa shape index (κ1) is 17.7. The molecule has 5 heteroatoms. The summed E-state index contributed by atoms with van der Waals surface area (Å²) in [6.07, 6.45) is 5.40. The van der Waals surface area contributed by atoms with Crippen LogP contribution in [0.3, 0.4) is 0 Å². The fourth-order valence-corrected chi connectivity index (χ4v) is 4.15. The number of ether oxygens (including phenoxy) is 2. The normalized spacial score (nSPS) is 15.6. The first-order valence-electron chi connectivity index (χ1n) is 9.60. The molecule has 0 aromatic heterocycles. The van der Waals surface area contributed by atoms with Gasteiger partial charge >= 0.3 is 6.03 Å². The number of carbonyl (C=O) groups is 1. The Kier molecular flexibility index (Phi) is 4.92. The molecule has 0 spiro atoms. The topological polar surface area (TPSA) is 50.8 Å². The quantitative estimate of drug-likeness (QED) is 0.887. The number of fused-ring (bicyclic) bond motifs is 2. The third-order valence-electron chi connectivity index (χ3n) is 5.64. The maximum Gasteiger partial charge on any atom is 0.322 e. The van der Waals surface area contributed by atoms with Gasteiger partial charge in [-0.1, -0.05) is 12.1 Å². The number of urea groups is 1. The van der Waals surface area contributed by atoms with Crippen LogP contribution in [0.2, 0.25) is 0 Å². The average Bonchev–Trinajstić information content (AvgIpc) is 2.72. The molecule has 0 atom stereocenters. The van der Waals surface area contributed by atoms with Crippen molar-refractivity contribution >= 4 is 11.7 Å². The van der Waals surface area contributed by atoms with E-state index in [1.165, 1.54) is 29.5 Å². The smallest absolute Gasteiger partial charge is 0.322 e. The highest BCUT2D eigenvalue weighted by molar-refractivity contribution is 5.90. The van der Waals surface area contributed by atoms with E-state index < -0.39 is 0 Å². The zero-order valence-corrected chi connectivity index (χ0v) is 16.0. The van der Waals surface area contributed by atoms with Gasteiger partial charge in [0.1, 0.15) is 0 Å². The van der Waals surface area contributed by atoms with E-state index in [-0.39, 0.29) is 6.03 Å². The molecule has 4 rings (SSSR count). The molecule has 1 N–H and O–H groups in total. The number of nitrogens with one attached hydrogen (secondary N) is 1. The van der Waals surface area contributed by atoms with E-state index in [9.17, 15) is 4.79 Å². The summed E-state index contributed by atoms with van der Waals surface area (Å²) in [6, 6.07) is 10.2. The van der Waals surface area contributed by atoms with Crippen LogP contribution < -0.4 is 14.8 Å². The molecule has 1 aliphatic heterocycles. The second-order valence-corrected chi connectivity index (χ2v) is 7.23. The van der Waals surface area contributed by atoms with Crippen LogP contribution in [0.4, 0.5) is 10.5 Å². The van der Waals surface area contributed by atoms with E-state index in [4.69, 9.17) is 9.47 Å². The number of methoxy groups -OCH3 is 2. The Hall–Kier alpha value is -2.69. The number of anilines is 1. The molecule has 0 radical (unpaired) electrons. The average molecular weight is 366 g/mol. The van der Waals surface area contributed by atoms with Crippen molar-refractivity contribution in [2.75, 3.05) is 26.1 Å². The lowest BCUT2D eigenvalue weighted by atomic mass is 9.90. The molecule has 2 amide bonds. The van der Waals surface area contributed by atoms with Gasteiger partial charge in [-0.25, -0.2) is 4.79 Å². The minimum absolute atomic E-state index is 0.0330. The van der Waals surface area contributed by atoms with Crippen LogP contribution in [0.1, 0.15) is 35.1 Å².